The molecule has 8 heterocycles. The van der Waals surface area contributed by atoms with Gasteiger partial charge in [0.15, 0.2) is 11.6 Å². The highest BCUT2D eigenvalue weighted by Crippen LogP contribution is 2.41. The van der Waals surface area contributed by atoms with Gasteiger partial charge < -0.3 is 18.3 Å². The van der Waals surface area contributed by atoms with Gasteiger partial charge in [-0.25, -0.2) is 29.9 Å². The van der Waals surface area contributed by atoms with Gasteiger partial charge in [-0.2, -0.15) is 0 Å². The summed E-state index contributed by atoms with van der Waals surface area (Å²) < 4.78 is 9.40. The molecule has 112 heavy (non-hydrogen) atoms. The van der Waals surface area contributed by atoms with E-state index in [1.54, 1.807) is 18.6 Å². The molecule has 0 fully saturated rings. The van der Waals surface area contributed by atoms with Crippen LogP contribution in [-0.4, -0.2) is 58.1 Å². The molecule has 0 aliphatic heterocycles. The average Bonchev–Trinajstić information content (AvgIpc) is 1.61. The Labute approximate surface area is 643 Å². The number of aromatic nitrogens is 12. The lowest BCUT2D eigenvalue weighted by Gasteiger charge is -2.12. The number of rotatable bonds is 12. The van der Waals surface area contributed by atoms with Crippen LogP contribution in [0.1, 0.15) is 0 Å². The van der Waals surface area contributed by atoms with Crippen LogP contribution in [0.4, 0.5) is 0 Å². The molecule has 12 nitrogen and oxygen atoms in total. The van der Waals surface area contributed by atoms with E-state index in [1.807, 2.05) is 91.1 Å². The fraction of sp³-hybridized carbons (Fsp3) is 0. The van der Waals surface area contributed by atoms with Gasteiger partial charge in [-0.1, -0.05) is 243 Å². The summed E-state index contributed by atoms with van der Waals surface area (Å²) in [5.41, 5.74) is 25.8. The molecule has 524 valence electrons. The zero-order valence-corrected chi connectivity index (χ0v) is 60.3. The molecule has 0 saturated carbocycles. The Morgan fingerprint density at radius 1 is 0.170 bits per heavy atom. The molecule has 0 aliphatic rings. The Balaban J connectivity index is 0.000000141. The topological polar surface area (TPSA) is 123 Å². The molecule has 8 aromatic heterocycles. The molecule has 0 saturated heterocycles. The molecule has 0 unspecified atom stereocenters. The third-order valence-corrected chi connectivity index (χ3v) is 21.3. The van der Waals surface area contributed by atoms with Crippen molar-refractivity contribution in [3.63, 3.8) is 0 Å². The van der Waals surface area contributed by atoms with Crippen LogP contribution < -0.4 is 0 Å². The number of benzene rings is 14. The molecule has 0 N–H and O–H groups in total. The standard InChI is InChI=1S/2C50H32N6/c1-3-13-33(14-4-1)42-30-43(34-15-5-2-6-16-34)54-50(53-42)45-32-51-44(31-52-45)35-23-28-49-41(29-35)40-19-9-12-22-48(40)56(49)37-26-24-36(25-27-37)55-46-20-10-7-17-38(46)39-18-8-11-21-47(39)55;1-3-13-33(14-4-1)42-32-43(34-15-5-2-6-16-34)54-50(53-42)49-48(51-29-30-52-49)35-23-28-47-41(31-35)40-19-9-12-22-46(40)56(47)37-26-24-36(25-27-37)55-44-20-10-7-17-38(44)39-18-8-11-21-45(39)55/h2*1-32H. The molecule has 0 amide bonds. The molecule has 0 radical (unpaired) electrons. The first-order chi connectivity index (χ1) is 55.5. The summed E-state index contributed by atoms with van der Waals surface area (Å²) >= 11 is 0. The number of para-hydroxylation sites is 6. The van der Waals surface area contributed by atoms with Gasteiger partial charge in [0, 0.05) is 112 Å². The van der Waals surface area contributed by atoms with E-state index >= 15 is 0 Å². The first-order valence-corrected chi connectivity index (χ1v) is 37.4. The summed E-state index contributed by atoms with van der Waals surface area (Å²) in [5.74, 6) is 1.06. The monoisotopic (exact) mass is 1430 g/mol. The highest BCUT2D eigenvalue weighted by Gasteiger charge is 2.23. The largest absolute Gasteiger partial charge is 0.309 e. The van der Waals surface area contributed by atoms with Crippen molar-refractivity contribution in [2.24, 2.45) is 0 Å². The van der Waals surface area contributed by atoms with Gasteiger partial charge in [0.05, 0.1) is 90.7 Å². The van der Waals surface area contributed by atoms with Crippen LogP contribution in [0.2, 0.25) is 0 Å². The van der Waals surface area contributed by atoms with Crippen molar-refractivity contribution in [2.75, 3.05) is 0 Å². The van der Waals surface area contributed by atoms with Crippen LogP contribution in [0.5, 0.6) is 0 Å². The Kier molecular flexibility index (Phi) is 15.9. The van der Waals surface area contributed by atoms with Gasteiger partial charge in [-0.15, -0.1) is 0 Å². The van der Waals surface area contributed by atoms with E-state index < -0.39 is 0 Å². The van der Waals surface area contributed by atoms with Gasteiger partial charge in [-0.05, 0) is 121 Å². The number of hydrogen-bond donors (Lipinski definition) is 0. The molecule has 0 spiro atoms. The Bertz CT molecular complexity index is 7110. The van der Waals surface area contributed by atoms with E-state index in [-0.39, 0.29) is 0 Å². The van der Waals surface area contributed by atoms with Gasteiger partial charge >= 0.3 is 0 Å². The number of nitrogens with zero attached hydrogens (tertiary/aromatic N) is 12. The molecule has 14 aromatic carbocycles. The minimum absolute atomic E-state index is 0.527. The van der Waals surface area contributed by atoms with Crippen molar-refractivity contribution in [1.82, 2.24) is 58.1 Å². The minimum atomic E-state index is 0.527. The lowest BCUT2D eigenvalue weighted by atomic mass is 10.0. The second-order valence-corrected chi connectivity index (χ2v) is 27.9. The number of hydrogen-bond acceptors (Lipinski definition) is 8. The van der Waals surface area contributed by atoms with Gasteiger partial charge in [0.2, 0.25) is 0 Å². The average molecular weight is 1430 g/mol. The van der Waals surface area contributed by atoms with Crippen LogP contribution in [0.15, 0.2) is 389 Å². The van der Waals surface area contributed by atoms with Crippen molar-refractivity contribution in [3.8, 4) is 113 Å². The summed E-state index contributed by atoms with van der Waals surface area (Å²) in [7, 11) is 0. The minimum Gasteiger partial charge on any atom is -0.309 e. The molecular weight excluding hydrogens is 1370 g/mol. The zero-order chi connectivity index (χ0) is 74.0. The second-order valence-electron chi connectivity index (χ2n) is 27.9. The third kappa shape index (κ3) is 11.4. The lowest BCUT2D eigenvalue weighted by molar-refractivity contribution is 1.12. The van der Waals surface area contributed by atoms with Crippen LogP contribution in [-0.2, 0) is 0 Å². The van der Waals surface area contributed by atoms with E-state index in [9.17, 15) is 0 Å². The summed E-state index contributed by atoms with van der Waals surface area (Å²) in [6, 6.07) is 127. The quantitative estimate of drug-likeness (QED) is 0.119. The van der Waals surface area contributed by atoms with Crippen molar-refractivity contribution in [2.45, 2.75) is 0 Å². The Hall–Kier alpha value is -15.4. The Morgan fingerprint density at radius 2 is 0.438 bits per heavy atom. The normalized spacial score (nSPS) is 11.6. The predicted octanol–water partition coefficient (Wildman–Crippen LogP) is 24.3. The van der Waals surface area contributed by atoms with Crippen molar-refractivity contribution in [3.05, 3.63) is 389 Å². The second kappa shape index (κ2) is 27.4. The molecular formula is C100H64N12. The molecule has 0 atom stereocenters. The summed E-state index contributed by atoms with van der Waals surface area (Å²) in [5, 5.41) is 9.65. The van der Waals surface area contributed by atoms with Gasteiger partial charge in [0.1, 0.15) is 11.4 Å². The SMILES string of the molecule is c1ccc(-c2cc(-c3ccccc3)nc(-c3cnc(-c4ccc5c(c4)c4ccccc4n5-c4ccc(-n5c6ccccc6c6ccccc65)cc4)cn3)n2)cc1.c1ccc(-c2cc(-c3ccccc3)nc(-c3nccnc3-c3ccc4c(c3)c3ccccc3n4-c3ccc(-n4c5ccccc5c5ccccc54)cc3)n2)cc1. The van der Waals surface area contributed by atoms with Crippen LogP contribution >= 0.6 is 0 Å². The highest BCUT2D eigenvalue weighted by molar-refractivity contribution is 6.13. The van der Waals surface area contributed by atoms with E-state index in [0.717, 1.165) is 129 Å². The fourth-order valence-corrected chi connectivity index (χ4v) is 16.2. The molecule has 0 bridgehead atoms. The highest BCUT2D eigenvalue weighted by atomic mass is 15.0. The van der Waals surface area contributed by atoms with Crippen LogP contribution in [0.25, 0.3) is 201 Å². The molecule has 12 heteroatoms. The fourth-order valence-electron chi connectivity index (χ4n) is 16.2. The lowest BCUT2D eigenvalue weighted by Crippen LogP contribution is -2.00. The maximum atomic E-state index is 5.08. The summed E-state index contributed by atoms with van der Waals surface area (Å²) in [6.45, 7) is 0. The first kappa shape index (κ1) is 64.9. The molecule has 22 aromatic rings. The van der Waals surface area contributed by atoms with Crippen LogP contribution in [0, 0.1) is 0 Å². The van der Waals surface area contributed by atoms with Crippen molar-refractivity contribution in [1.29, 1.82) is 0 Å². The van der Waals surface area contributed by atoms with Crippen LogP contribution in [0.3, 0.4) is 0 Å². The summed E-state index contributed by atoms with van der Waals surface area (Å²) in [6.07, 6.45) is 7.06. The van der Waals surface area contributed by atoms with E-state index in [4.69, 9.17) is 39.9 Å². The van der Waals surface area contributed by atoms with E-state index in [2.05, 4.69) is 297 Å². The van der Waals surface area contributed by atoms with Gasteiger partial charge in [-0.3, -0.25) is 9.97 Å². The zero-order valence-electron chi connectivity index (χ0n) is 60.3. The van der Waals surface area contributed by atoms with Gasteiger partial charge in [0.25, 0.3) is 0 Å². The molecule has 0 aliphatic carbocycles. The summed E-state index contributed by atoms with van der Waals surface area (Å²) in [4.78, 5) is 39.6. The first-order valence-electron chi connectivity index (χ1n) is 37.4. The van der Waals surface area contributed by atoms with E-state index in [1.165, 1.54) is 49.0 Å². The van der Waals surface area contributed by atoms with Crippen molar-refractivity contribution >= 4 is 87.2 Å². The van der Waals surface area contributed by atoms with E-state index in [0.29, 0.717) is 23.0 Å². The maximum absolute atomic E-state index is 5.08. The smallest absolute Gasteiger partial charge is 0.181 e. The predicted molar refractivity (Wildman–Crippen MR) is 456 cm³/mol. The Morgan fingerprint density at radius 3 is 0.777 bits per heavy atom. The number of fused-ring (bicyclic) bond motifs is 12. The van der Waals surface area contributed by atoms with Crippen molar-refractivity contribution < 1.29 is 0 Å². The maximum Gasteiger partial charge on any atom is 0.181 e. The third-order valence-electron chi connectivity index (χ3n) is 21.3. The molecule has 22 rings (SSSR count).